The Kier molecular flexibility index (Phi) is 3.88. The molecule has 2 N–H and O–H groups in total. The second-order valence-corrected chi connectivity index (χ2v) is 4.78. The van der Waals surface area contributed by atoms with Crippen LogP contribution >= 0.6 is 0 Å². The third kappa shape index (κ3) is 3.11. The second kappa shape index (κ2) is 6.15. The lowest BCUT2D eigenvalue weighted by atomic mass is 10.3. The second-order valence-electron chi connectivity index (χ2n) is 4.78. The molecule has 0 fully saturated rings. The minimum atomic E-state index is -0.606. The quantitative estimate of drug-likeness (QED) is 0.777. The van der Waals surface area contributed by atoms with Crippen LogP contribution in [0, 0.1) is 0 Å². The fourth-order valence-electron chi connectivity index (χ4n) is 2.07. The lowest BCUT2D eigenvalue weighted by Crippen LogP contribution is -2.25. The van der Waals surface area contributed by atoms with Crippen LogP contribution < -0.4 is 10.7 Å². The molecule has 0 radical (unpaired) electrons. The molecule has 114 valence electrons. The highest BCUT2D eigenvalue weighted by Gasteiger charge is 2.14. The Morgan fingerprint density at radius 2 is 1.70 bits per heavy atom. The number of benzene rings is 2. The molecular formula is C17H13N3O3. The lowest BCUT2D eigenvalue weighted by molar-refractivity contribution is 0.101. The Bertz CT molecular complexity index is 904. The number of aromatic hydroxyl groups is 1. The van der Waals surface area contributed by atoms with Crippen molar-refractivity contribution in [3.63, 3.8) is 0 Å². The zero-order valence-corrected chi connectivity index (χ0v) is 12.0. The fraction of sp³-hybridized carbons (Fsp3) is 0. The zero-order valence-electron chi connectivity index (χ0n) is 12.0. The van der Waals surface area contributed by atoms with E-state index in [1.165, 1.54) is 23.0 Å². The number of carbonyl (C=O) groups excluding carboxylic acids is 1. The van der Waals surface area contributed by atoms with Crippen molar-refractivity contribution in [1.82, 2.24) is 9.78 Å². The van der Waals surface area contributed by atoms with Gasteiger partial charge in [0.2, 0.25) is 5.43 Å². The highest BCUT2D eigenvalue weighted by molar-refractivity contribution is 6.02. The lowest BCUT2D eigenvalue weighted by Gasteiger charge is -2.09. The Balaban J connectivity index is 1.97. The Hall–Kier alpha value is -3.41. The molecule has 0 aliphatic rings. The number of para-hydroxylation sites is 3. The van der Waals surface area contributed by atoms with Crippen molar-refractivity contribution in [2.45, 2.75) is 0 Å². The maximum absolute atomic E-state index is 12.3. The summed E-state index contributed by atoms with van der Waals surface area (Å²) in [5.74, 6) is -0.607. The minimum Gasteiger partial charge on any atom is -0.506 e. The van der Waals surface area contributed by atoms with Crippen LogP contribution in [-0.2, 0) is 0 Å². The predicted octanol–water partition coefficient (Wildman–Crippen LogP) is 2.19. The first-order chi connectivity index (χ1) is 11.1. The number of nitrogens with zero attached hydrogens (tertiary/aromatic N) is 2. The molecule has 0 bridgehead atoms. The number of aromatic nitrogens is 2. The molecule has 2 aromatic carbocycles. The molecule has 1 amide bonds. The summed E-state index contributed by atoms with van der Waals surface area (Å²) in [7, 11) is 0. The molecule has 0 saturated carbocycles. The number of rotatable bonds is 3. The fourth-order valence-corrected chi connectivity index (χ4v) is 2.07. The average molecular weight is 307 g/mol. The van der Waals surface area contributed by atoms with E-state index in [2.05, 4.69) is 10.4 Å². The van der Waals surface area contributed by atoms with Gasteiger partial charge in [-0.15, -0.1) is 0 Å². The molecule has 0 atom stereocenters. The Labute approximate surface area is 131 Å². The van der Waals surface area contributed by atoms with Crippen LogP contribution in [0.3, 0.4) is 0 Å². The van der Waals surface area contributed by atoms with Crippen molar-refractivity contribution in [2.24, 2.45) is 0 Å². The van der Waals surface area contributed by atoms with Gasteiger partial charge in [0.15, 0.2) is 5.69 Å². The first-order valence-corrected chi connectivity index (χ1v) is 6.90. The van der Waals surface area contributed by atoms with Gasteiger partial charge in [-0.1, -0.05) is 30.3 Å². The van der Waals surface area contributed by atoms with Gasteiger partial charge in [0.1, 0.15) is 11.4 Å². The van der Waals surface area contributed by atoms with E-state index in [4.69, 9.17) is 0 Å². The highest BCUT2D eigenvalue weighted by Crippen LogP contribution is 2.19. The van der Waals surface area contributed by atoms with Crippen molar-refractivity contribution in [3.8, 4) is 11.4 Å². The summed E-state index contributed by atoms with van der Waals surface area (Å²) in [5, 5.41) is 16.5. The molecule has 3 aromatic rings. The summed E-state index contributed by atoms with van der Waals surface area (Å²) < 4.78 is 1.29. The van der Waals surface area contributed by atoms with Crippen LogP contribution in [0.25, 0.3) is 5.69 Å². The standard InChI is InChI=1S/C17H13N3O3/c21-14-9-5-4-8-13(14)20-11-10-15(22)16(19-20)17(23)18-12-6-2-1-3-7-12/h1-11,21H,(H,18,23). The number of carbonyl (C=O) groups is 1. The first kappa shape index (κ1) is 14.5. The number of nitrogens with one attached hydrogen (secondary N) is 1. The van der Waals surface area contributed by atoms with Crippen LogP contribution in [-0.4, -0.2) is 20.8 Å². The summed E-state index contributed by atoms with van der Waals surface area (Å²) in [4.78, 5) is 24.2. The normalized spacial score (nSPS) is 10.3. The van der Waals surface area contributed by atoms with E-state index in [1.807, 2.05) is 6.07 Å². The maximum Gasteiger partial charge on any atom is 0.280 e. The van der Waals surface area contributed by atoms with Gasteiger partial charge in [-0.05, 0) is 24.3 Å². The molecule has 3 rings (SSSR count). The Morgan fingerprint density at radius 1 is 1.00 bits per heavy atom. The summed E-state index contributed by atoms with van der Waals surface area (Å²) in [6.45, 7) is 0. The van der Waals surface area contributed by atoms with Crippen LogP contribution in [0.15, 0.2) is 71.7 Å². The van der Waals surface area contributed by atoms with Crippen LogP contribution in [0.5, 0.6) is 5.75 Å². The molecule has 23 heavy (non-hydrogen) atoms. The number of phenolic OH excluding ortho intramolecular Hbond substituents is 1. The summed E-state index contributed by atoms with van der Waals surface area (Å²) in [5.41, 5.74) is 0.197. The molecular weight excluding hydrogens is 294 g/mol. The third-order valence-electron chi connectivity index (χ3n) is 3.18. The van der Waals surface area contributed by atoms with E-state index in [-0.39, 0.29) is 11.4 Å². The van der Waals surface area contributed by atoms with Crippen molar-refractivity contribution >= 4 is 11.6 Å². The number of anilines is 1. The molecule has 0 saturated heterocycles. The largest absolute Gasteiger partial charge is 0.506 e. The average Bonchev–Trinajstić information content (AvgIpc) is 2.57. The number of amides is 1. The van der Waals surface area contributed by atoms with Gasteiger partial charge in [0.25, 0.3) is 5.91 Å². The van der Waals surface area contributed by atoms with E-state index in [0.717, 1.165) is 0 Å². The first-order valence-electron chi connectivity index (χ1n) is 6.90. The van der Waals surface area contributed by atoms with Gasteiger partial charge >= 0.3 is 0 Å². The van der Waals surface area contributed by atoms with E-state index in [1.54, 1.807) is 42.5 Å². The van der Waals surface area contributed by atoms with Gasteiger partial charge in [-0.3, -0.25) is 9.59 Å². The molecule has 0 aliphatic carbocycles. The van der Waals surface area contributed by atoms with Crippen molar-refractivity contribution in [2.75, 3.05) is 5.32 Å². The van der Waals surface area contributed by atoms with E-state index < -0.39 is 11.3 Å². The van der Waals surface area contributed by atoms with E-state index in [0.29, 0.717) is 11.4 Å². The van der Waals surface area contributed by atoms with Crippen molar-refractivity contribution in [3.05, 3.63) is 82.8 Å². The summed E-state index contributed by atoms with van der Waals surface area (Å²) >= 11 is 0. The van der Waals surface area contributed by atoms with E-state index >= 15 is 0 Å². The number of phenols is 1. The Morgan fingerprint density at radius 3 is 2.43 bits per heavy atom. The highest BCUT2D eigenvalue weighted by atomic mass is 16.3. The monoisotopic (exact) mass is 307 g/mol. The van der Waals surface area contributed by atoms with Crippen LogP contribution in [0.1, 0.15) is 10.5 Å². The molecule has 6 nitrogen and oxygen atoms in total. The van der Waals surface area contributed by atoms with Crippen molar-refractivity contribution in [1.29, 1.82) is 0 Å². The van der Waals surface area contributed by atoms with Gasteiger partial charge < -0.3 is 10.4 Å². The van der Waals surface area contributed by atoms with Crippen LogP contribution in [0.4, 0.5) is 5.69 Å². The van der Waals surface area contributed by atoms with Crippen LogP contribution in [0.2, 0.25) is 0 Å². The van der Waals surface area contributed by atoms with Gasteiger partial charge in [-0.2, -0.15) is 5.10 Å². The molecule has 0 spiro atoms. The molecule has 1 heterocycles. The minimum absolute atomic E-state index is 0.00179. The topological polar surface area (TPSA) is 84.2 Å². The molecule has 0 unspecified atom stereocenters. The van der Waals surface area contributed by atoms with Crippen molar-refractivity contribution < 1.29 is 9.90 Å². The van der Waals surface area contributed by atoms with Gasteiger partial charge in [-0.25, -0.2) is 4.68 Å². The van der Waals surface area contributed by atoms with Gasteiger partial charge in [0, 0.05) is 18.0 Å². The number of hydrogen-bond donors (Lipinski definition) is 2. The summed E-state index contributed by atoms with van der Waals surface area (Å²) in [6, 6.07) is 16.5. The van der Waals surface area contributed by atoms with Gasteiger partial charge in [0.05, 0.1) is 0 Å². The smallest absolute Gasteiger partial charge is 0.280 e. The molecule has 6 heteroatoms. The maximum atomic E-state index is 12.3. The SMILES string of the molecule is O=C(Nc1ccccc1)c1nn(-c2ccccc2O)ccc1=O. The molecule has 1 aromatic heterocycles. The third-order valence-corrected chi connectivity index (χ3v) is 3.18. The number of hydrogen-bond acceptors (Lipinski definition) is 4. The van der Waals surface area contributed by atoms with E-state index in [9.17, 15) is 14.7 Å². The molecule has 0 aliphatic heterocycles. The zero-order chi connectivity index (χ0) is 16.2. The summed E-state index contributed by atoms with van der Waals surface area (Å²) in [6.07, 6.45) is 1.40. The predicted molar refractivity (Wildman–Crippen MR) is 85.9 cm³/mol.